The Morgan fingerprint density at radius 1 is 0.328 bits per heavy atom. The summed E-state index contributed by atoms with van der Waals surface area (Å²) in [6.45, 7) is 0. The predicted molar refractivity (Wildman–Crippen MR) is 233 cm³/mol. The van der Waals surface area contributed by atoms with Gasteiger partial charge in [-0.15, -0.1) is 0 Å². The second-order valence-corrected chi connectivity index (χ2v) is 15.1. The van der Waals surface area contributed by atoms with Crippen LogP contribution in [0, 0.1) is 0 Å². The van der Waals surface area contributed by atoms with Gasteiger partial charge in [0.2, 0.25) is 0 Å². The Labute approximate surface area is 335 Å². The van der Waals surface area contributed by atoms with Crippen LogP contribution in [0.25, 0.3) is 89.6 Å². The van der Waals surface area contributed by atoms with E-state index >= 15 is 0 Å². The zero-order valence-electron chi connectivity index (χ0n) is 31.3. The topological polar surface area (TPSA) is 51.8 Å². The van der Waals surface area contributed by atoms with E-state index in [0.717, 1.165) is 55.7 Å². The quantitative estimate of drug-likeness (QED) is 0.176. The molecule has 2 heterocycles. The smallest absolute Gasteiger partial charge is 0.164 e. The number of aromatic nitrogens is 3. The number of furan rings is 1. The second kappa shape index (κ2) is 12.7. The molecule has 270 valence electrons. The summed E-state index contributed by atoms with van der Waals surface area (Å²) in [5, 5.41) is 1.13. The van der Waals surface area contributed by atoms with E-state index in [0.29, 0.717) is 17.5 Å². The van der Waals surface area contributed by atoms with Gasteiger partial charge in [0, 0.05) is 27.6 Å². The van der Waals surface area contributed by atoms with Crippen LogP contribution in [-0.4, -0.2) is 15.0 Å². The molecular formula is C54H33N3O. The molecule has 4 nitrogen and oxygen atoms in total. The van der Waals surface area contributed by atoms with E-state index in [4.69, 9.17) is 19.4 Å². The van der Waals surface area contributed by atoms with E-state index in [-0.39, 0.29) is 0 Å². The third kappa shape index (κ3) is 4.72. The average molecular weight is 740 g/mol. The molecule has 0 saturated carbocycles. The Kier molecular flexibility index (Phi) is 7.11. The minimum atomic E-state index is -0.619. The maximum Gasteiger partial charge on any atom is 0.164 e. The Bertz CT molecular complexity index is 3190. The number of fused-ring (bicyclic) bond motifs is 12. The van der Waals surface area contributed by atoms with Crippen LogP contribution >= 0.6 is 0 Å². The molecular weight excluding hydrogens is 707 g/mol. The first kappa shape index (κ1) is 32.5. The third-order valence-corrected chi connectivity index (χ3v) is 12.0. The van der Waals surface area contributed by atoms with E-state index in [1.165, 1.54) is 38.9 Å². The third-order valence-electron chi connectivity index (χ3n) is 12.0. The van der Waals surface area contributed by atoms with Gasteiger partial charge in [-0.1, -0.05) is 182 Å². The number of hydrogen-bond donors (Lipinski definition) is 0. The number of benzene rings is 8. The lowest BCUT2D eigenvalue weighted by molar-refractivity contribution is 0.507. The van der Waals surface area contributed by atoms with Gasteiger partial charge >= 0.3 is 0 Å². The van der Waals surface area contributed by atoms with Gasteiger partial charge in [-0.05, 0) is 73.8 Å². The maximum atomic E-state index is 7.00. The molecule has 0 saturated heterocycles. The highest BCUT2D eigenvalue weighted by atomic mass is 16.3. The van der Waals surface area contributed by atoms with E-state index in [9.17, 15) is 0 Å². The zero-order valence-corrected chi connectivity index (χ0v) is 31.3. The van der Waals surface area contributed by atoms with Crippen molar-refractivity contribution in [2.45, 2.75) is 5.41 Å². The van der Waals surface area contributed by atoms with Crippen molar-refractivity contribution in [1.82, 2.24) is 15.0 Å². The van der Waals surface area contributed by atoms with E-state index in [1.807, 2.05) is 24.3 Å². The Morgan fingerprint density at radius 2 is 0.879 bits per heavy atom. The summed E-state index contributed by atoms with van der Waals surface area (Å²) in [7, 11) is 0. The van der Waals surface area contributed by atoms with Gasteiger partial charge in [0.15, 0.2) is 17.5 Å². The van der Waals surface area contributed by atoms with Gasteiger partial charge in [-0.3, -0.25) is 0 Å². The number of rotatable bonds is 5. The maximum absolute atomic E-state index is 7.00. The molecule has 0 radical (unpaired) electrons. The van der Waals surface area contributed by atoms with Crippen molar-refractivity contribution in [3.05, 3.63) is 223 Å². The summed E-state index contributed by atoms with van der Waals surface area (Å²) in [5.41, 5.74) is 16.0. The standard InChI is InChI=1S/C54H33N3O/c1-3-16-34(17-4-1)36-20-15-21-38(32-36)52-55-51(35-18-5-2-6-19-35)56-53(57-52)42-25-8-7-22-39(42)37-30-31-43-47(33-37)54(50-49(43)44-26-11-14-29-48(44)58-50)45-27-12-9-23-40(45)41-24-10-13-28-46(41)54/h1-33H. The predicted octanol–water partition coefficient (Wildman–Crippen LogP) is 13.3. The summed E-state index contributed by atoms with van der Waals surface area (Å²) < 4.78 is 7.00. The zero-order chi connectivity index (χ0) is 38.2. The molecule has 0 atom stereocenters. The first-order chi connectivity index (χ1) is 28.8. The van der Waals surface area contributed by atoms with E-state index in [1.54, 1.807) is 0 Å². The molecule has 2 aromatic heterocycles. The van der Waals surface area contributed by atoms with Crippen molar-refractivity contribution in [3.63, 3.8) is 0 Å². The molecule has 0 N–H and O–H groups in total. The van der Waals surface area contributed by atoms with Crippen LogP contribution in [0.4, 0.5) is 0 Å². The van der Waals surface area contributed by atoms with Crippen LogP contribution in [0.1, 0.15) is 22.5 Å². The molecule has 0 amide bonds. The van der Waals surface area contributed by atoms with Crippen molar-refractivity contribution in [2.75, 3.05) is 0 Å². The normalized spacial score (nSPS) is 13.0. The van der Waals surface area contributed by atoms with Crippen molar-refractivity contribution in [2.24, 2.45) is 0 Å². The van der Waals surface area contributed by atoms with Crippen LogP contribution in [0.3, 0.4) is 0 Å². The molecule has 4 heteroatoms. The first-order valence-corrected chi connectivity index (χ1v) is 19.7. The van der Waals surface area contributed by atoms with Gasteiger partial charge in [-0.2, -0.15) is 0 Å². The van der Waals surface area contributed by atoms with Crippen LogP contribution in [-0.2, 0) is 5.41 Å². The van der Waals surface area contributed by atoms with Crippen LogP contribution in [0.15, 0.2) is 205 Å². The number of para-hydroxylation sites is 1. The van der Waals surface area contributed by atoms with Gasteiger partial charge in [0.05, 0.1) is 0 Å². The lowest BCUT2D eigenvalue weighted by Gasteiger charge is -2.28. The summed E-state index contributed by atoms with van der Waals surface area (Å²) in [5.74, 6) is 2.86. The fourth-order valence-electron chi connectivity index (χ4n) is 9.45. The Balaban J connectivity index is 1.08. The minimum Gasteiger partial charge on any atom is -0.459 e. The van der Waals surface area contributed by atoms with Gasteiger partial charge < -0.3 is 4.42 Å². The Morgan fingerprint density at radius 3 is 1.62 bits per heavy atom. The second-order valence-electron chi connectivity index (χ2n) is 15.1. The van der Waals surface area contributed by atoms with Gasteiger partial charge in [-0.25, -0.2) is 15.0 Å². The number of nitrogens with zero attached hydrogens (tertiary/aromatic N) is 3. The summed E-state index contributed by atoms with van der Waals surface area (Å²) in [4.78, 5) is 15.5. The fourth-order valence-corrected chi connectivity index (χ4v) is 9.45. The number of hydrogen-bond acceptors (Lipinski definition) is 4. The van der Waals surface area contributed by atoms with E-state index < -0.39 is 5.41 Å². The highest BCUT2D eigenvalue weighted by Gasteiger charge is 2.55. The monoisotopic (exact) mass is 739 g/mol. The van der Waals surface area contributed by atoms with Gasteiger partial charge in [0.1, 0.15) is 16.8 Å². The summed E-state index contributed by atoms with van der Waals surface area (Å²) in [6, 6.07) is 70.6. The average Bonchev–Trinajstić information content (AvgIpc) is 3.93. The van der Waals surface area contributed by atoms with Crippen molar-refractivity contribution < 1.29 is 4.42 Å². The highest BCUT2D eigenvalue weighted by Crippen LogP contribution is 2.65. The molecule has 2 aliphatic rings. The Hall–Kier alpha value is -7.69. The fraction of sp³-hybridized carbons (Fsp3) is 0.0185. The molecule has 0 bridgehead atoms. The van der Waals surface area contributed by atoms with E-state index in [2.05, 4.69) is 176 Å². The van der Waals surface area contributed by atoms with Crippen LogP contribution in [0.2, 0.25) is 0 Å². The highest BCUT2D eigenvalue weighted by molar-refractivity contribution is 6.05. The molecule has 0 unspecified atom stereocenters. The van der Waals surface area contributed by atoms with Crippen LogP contribution < -0.4 is 0 Å². The lowest BCUT2D eigenvalue weighted by atomic mass is 9.72. The van der Waals surface area contributed by atoms with Crippen molar-refractivity contribution >= 4 is 11.0 Å². The van der Waals surface area contributed by atoms with Crippen molar-refractivity contribution in [1.29, 1.82) is 0 Å². The largest absolute Gasteiger partial charge is 0.459 e. The summed E-state index contributed by atoms with van der Waals surface area (Å²) >= 11 is 0. The molecule has 2 aliphatic carbocycles. The SMILES string of the molecule is c1ccc(-c2cccc(-c3nc(-c4ccccc4)nc(-c4ccccc4-c4ccc5c(c4)C4(c6ccccc6-c6ccccc64)c4oc6ccccc6c4-5)n3)c2)cc1. The molecule has 8 aromatic carbocycles. The molecule has 12 rings (SSSR count). The van der Waals surface area contributed by atoms with Gasteiger partial charge in [0.25, 0.3) is 0 Å². The molecule has 0 fully saturated rings. The molecule has 1 spiro atoms. The van der Waals surface area contributed by atoms with Crippen LogP contribution in [0.5, 0.6) is 0 Å². The van der Waals surface area contributed by atoms with Crippen molar-refractivity contribution in [3.8, 4) is 78.7 Å². The minimum absolute atomic E-state index is 0.619. The molecule has 10 aromatic rings. The first-order valence-electron chi connectivity index (χ1n) is 19.7. The summed E-state index contributed by atoms with van der Waals surface area (Å²) in [6.07, 6.45) is 0. The molecule has 0 aliphatic heterocycles. The molecule has 58 heavy (non-hydrogen) atoms. The lowest BCUT2D eigenvalue weighted by Crippen LogP contribution is -2.25.